The van der Waals surface area contributed by atoms with E-state index < -0.39 is 15.9 Å². The molecule has 0 unspecified atom stereocenters. The van der Waals surface area contributed by atoms with E-state index in [0.717, 1.165) is 10.0 Å². The maximum Gasteiger partial charge on any atom is 0.267 e. The number of nitriles is 1. The molecule has 0 radical (unpaired) electrons. The Balaban J connectivity index is 1.97. The molecule has 26 heavy (non-hydrogen) atoms. The lowest BCUT2D eigenvalue weighted by Gasteiger charge is -2.06. The second-order valence-electron chi connectivity index (χ2n) is 5.20. The molecule has 0 fully saturated rings. The van der Waals surface area contributed by atoms with Gasteiger partial charge < -0.3 is 10.6 Å². The summed E-state index contributed by atoms with van der Waals surface area (Å²) in [6, 6.07) is 14.8. The average molecular weight is 435 g/mol. The van der Waals surface area contributed by atoms with Crippen molar-refractivity contribution < 1.29 is 13.2 Å². The first kappa shape index (κ1) is 19.7. The molecule has 0 spiro atoms. The van der Waals surface area contributed by atoms with Crippen LogP contribution in [0.1, 0.15) is 5.56 Å². The number of anilines is 1. The Kier molecular flexibility index (Phi) is 6.52. The van der Waals surface area contributed by atoms with Gasteiger partial charge in [0.1, 0.15) is 11.6 Å². The van der Waals surface area contributed by atoms with Gasteiger partial charge in [0, 0.05) is 22.9 Å². The molecule has 0 atom stereocenters. The zero-order valence-electron chi connectivity index (χ0n) is 13.4. The molecule has 0 saturated heterocycles. The topological polar surface area (TPSA) is 125 Å². The molecule has 7 nitrogen and oxygen atoms in total. The van der Waals surface area contributed by atoms with Crippen LogP contribution < -0.4 is 15.8 Å². The molecule has 4 N–H and O–H groups in total. The SMILES string of the molecule is N#C/C(=C/NCc1ccc(S(N)(=O)=O)cc1)C(=O)Nc1ccc(Br)cc1. The predicted molar refractivity (Wildman–Crippen MR) is 101 cm³/mol. The highest BCUT2D eigenvalue weighted by Gasteiger charge is 2.09. The lowest BCUT2D eigenvalue weighted by molar-refractivity contribution is -0.112. The van der Waals surface area contributed by atoms with E-state index in [1.54, 1.807) is 36.4 Å². The van der Waals surface area contributed by atoms with Gasteiger partial charge in [0.25, 0.3) is 5.91 Å². The van der Waals surface area contributed by atoms with E-state index in [-0.39, 0.29) is 10.5 Å². The number of halogens is 1. The number of amides is 1. The maximum atomic E-state index is 12.1. The van der Waals surface area contributed by atoms with Crippen molar-refractivity contribution >= 4 is 37.5 Å². The van der Waals surface area contributed by atoms with Gasteiger partial charge in [-0.15, -0.1) is 0 Å². The largest absolute Gasteiger partial charge is 0.386 e. The predicted octanol–water partition coefficient (Wildman–Crippen LogP) is 2.23. The Morgan fingerprint density at radius 3 is 2.31 bits per heavy atom. The highest BCUT2D eigenvalue weighted by Crippen LogP contribution is 2.14. The number of primary sulfonamides is 1. The van der Waals surface area contributed by atoms with E-state index in [4.69, 9.17) is 10.4 Å². The summed E-state index contributed by atoms with van der Waals surface area (Å²) < 4.78 is 23.3. The van der Waals surface area contributed by atoms with E-state index in [1.807, 2.05) is 6.07 Å². The molecule has 2 aromatic rings. The smallest absolute Gasteiger partial charge is 0.267 e. The number of rotatable bonds is 6. The molecule has 0 heterocycles. The summed E-state index contributed by atoms with van der Waals surface area (Å²) in [6.45, 7) is 0.307. The van der Waals surface area contributed by atoms with Crippen LogP contribution in [0.5, 0.6) is 0 Å². The van der Waals surface area contributed by atoms with Gasteiger partial charge in [0.2, 0.25) is 10.0 Å². The van der Waals surface area contributed by atoms with Crippen molar-refractivity contribution in [1.29, 1.82) is 5.26 Å². The van der Waals surface area contributed by atoms with Crippen molar-refractivity contribution in [3.05, 3.63) is 70.3 Å². The summed E-state index contributed by atoms with van der Waals surface area (Å²) in [7, 11) is -3.73. The van der Waals surface area contributed by atoms with Gasteiger partial charge in [0.05, 0.1) is 4.90 Å². The molecule has 0 bridgehead atoms. The number of carbonyl (C=O) groups excluding carboxylic acids is 1. The third-order valence-electron chi connectivity index (χ3n) is 3.27. The Morgan fingerprint density at radius 1 is 1.15 bits per heavy atom. The fourth-order valence-corrected chi connectivity index (χ4v) is 2.73. The van der Waals surface area contributed by atoms with Crippen LogP contribution in [0.15, 0.2) is 69.7 Å². The van der Waals surface area contributed by atoms with Crippen LogP contribution in [-0.4, -0.2) is 14.3 Å². The Bertz CT molecular complexity index is 963. The number of nitrogens with zero attached hydrogens (tertiary/aromatic N) is 1. The van der Waals surface area contributed by atoms with Gasteiger partial charge in [-0.1, -0.05) is 28.1 Å². The van der Waals surface area contributed by atoms with Crippen molar-refractivity contribution in [2.45, 2.75) is 11.4 Å². The third kappa shape index (κ3) is 5.70. The van der Waals surface area contributed by atoms with E-state index in [9.17, 15) is 13.2 Å². The maximum absolute atomic E-state index is 12.1. The summed E-state index contributed by atoms with van der Waals surface area (Å²) in [5.74, 6) is -0.535. The van der Waals surface area contributed by atoms with Crippen LogP contribution in [0, 0.1) is 11.3 Å². The molecule has 0 saturated carbocycles. The zero-order chi connectivity index (χ0) is 19.2. The summed E-state index contributed by atoms with van der Waals surface area (Å²) >= 11 is 3.30. The van der Waals surface area contributed by atoms with Crippen molar-refractivity contribution in [3.8, 4) is 6.07 Å². The Morgan fingerprint density at radius 2 is 1.77 bits per heavy atom. The molecule has 0 aliphatic heterocycles. The van der Waals surface area contributed by atoms with Crippen LogP contribution in [0.4, 0.5) is 5.69 Å². The van der Waals surface area contributed by atoms with Crippen LogP contribution in [0.3, 0.4) is 0 Å². The summed E-state index contributed by atoms with van der Waals surface area (Å²) in [6.07, 6.45) is 1.31. The van der Waals surface area contributed by atoms with Gasteiger partial charge in [-0.3, -0.25) is 4.79 Å². The number of hydrogen-bond donors (Lipinski definition) is 3. The number of benzene rings is 2. The van der Waals surface area contributed by atoms with E-state index in [2.05, 4.69) is 26.6 Å². The van der Waals surface area contributed by atoms with E-state index in [0.29, 0.717) is 12.2 Å². The lowest BCUT2D eigenvalue weighted by Crippen LogP contribution is -2.16. The van der Waals surface area contributed by atoms with Crippen molar-refractivity contribution in [2.24, 2.45) is 5.14 Å². The molecule has 2 rings (SSSR count). The lowest BCUT2D eigenvalue weighted by atomic mass is 10.2. The minimum atomic E-state index is -3.73. The number of hydrogen-bond acceptors (Lipinski definition) is 5. The first-order valence-corrected chi connectivity index (χ1v) is 9.66. The van der Waals surface area contributed by atoms with Crippen molar-refractivity contribution in [2.75, 3.05) is 5.32 Å². The zero-order valence-corrected chi connectivity index (χ0v) is 15.8. The van der Waals surface area contributed by atoms with Crippen LogP contribution in [0.2, 0.25) is 0 Å². The second kappa shape index (κ2) is 8.62. The molecule has 0 aliphatic rings. The minimum Gasteiger partial charge on any atom is -0.386 e. The van der Waals surface area contributed by atoms with E-state index >= 15 is 0 Å². The highest BCUT2D eigenvalue weighted by molar-refractivity contribution is 9.10. The molecule has 134 valence electrons. The first-order valence-electron chi connectivity index (χ1n) is 7.32. The van der Waals surface area contributed by atoms with Gasteiger partial charge in [-0.2, -0.15) is 5.26 Å². The number of nitrogens with two attached hydrogens (primary N) is 1. The number of nitrogens with one attached hydrogen (secondary N) is 2. The number of carbonyl (C=O) groups is 1. The average Bonchev–Trinajstić information content (AvgIpc) is 2.60. The standard InChI is InChI=1S/C17H15BrN4O3S/c18-14-3-5-15(6-4-14)22-17(23)13(9-19)11-21-10-12-1-7-16(8-2-12)26(20,24)25/h1-8,11,21H,10H2,(H,22,23)(H2,20,24,25)/b13-11-. The summed E-state index contributed by atoms with van der Waals surface area (Å²) in [5, 5.41) is 19.6. The Labute approximate surface area is 159 Å². The van der Waals surface area contributed by atoms with Crippen molar-refractivity contribution in [3.63, 3.8) is 0 Å². The van der Waals surface area contributed by atoms with E-state index in [1.165, 1.54) is 18.3 Å². The van der Waals surface area contributed by atoms with Crippen LogP contribution in [0.25, 0.3) is 0 Å². The molecule has 2 aromatic carbocycles. The van der Waals surface area contributed by atoms with Gasteiger partial charge in [-0.25, -0.2) is 13.6 Å². The van der Waals surface area contributed by atoms with Gasteiger partial charge >= 0.3 is 0 Å². The summed E-state index contributed by atoms with van der Waals surface area (Å²) in [5.41, 5.74) is 1.24. The van der Waals surface area contributed by atoms with Crippen molar-refractivity contribution in [1.82, 2.24) is 5.32 Å². The van der Waals surface area contributed by atoms with Gasteiger partial charge in [-0.05, 0) is 42.0 Å². The fourth-order valence-electron chi connectivity index (χ4n) is 1.95. The molecular formula is C17H15BrN4O3S. The fraction of sp³-hybridized carbons (Fsp3) is 0.0588. The Hall–Kier alpha value is -2.67. The van der Waals surface area contributed by atoms with Crippen LogP contribution >= 0.6 is 15.9 Å². The quantitative estimate of drug-likeness (QED) is 0.474. The molecule has 0 aromatic heterocycles. The molecule has 0 aliphatic carbocycles. The third-order valence-corrected chi connectivity index (χ3v) is 4.73. The van der Waals surface area contributed by atoms with Gasteiger partial charge in [0.15, 0.2) is 0 Å². The number of sulfonamides is 1. The normalized spacial score (nSPS) is 11.5. The van der Waals surface area contributed by atoms with Crippen LogP contribution in [-0.2, 0) is 21.4 Å². The first-order chi connectivity index (χ1) is 12.3. The molecular weight excluding hydrogens is 420 g/mol. The highest BCUT2D eigenvalue weighted by atomic mass is 79.9. The summed E-state index contributed by atoms with van der Waals surface area (Å²) in [4.78, 5) is 12.1. The monoisotopic (exact) mass is 434 g/mol. The molecule has 9 heteroatoms. The minimum absolute atomic E-state index is 0.0170. The molecule has 1 amide bonds. The second-order valence-corrected chi connectivity index (χ2v) is 7.68.